The fourth-order valence-electron chi connectivity index (χ4n) is 3.28. The first-order chi connectivity index (χ1) is 17.2. The molecule has 1 aromatic carbocycles. The van der Waals surface area contributed by atoms with E-state index < -0.39 is 21.4 Å². The Hall–Kier alpha value is -3.38. The van der Waals surface area contributed by atoms with Crippen LogP contribution in [0, 0.1) is 0 Å². The van der Waals surface area contributed by atoms with Crippen LogP contribution >= 0.6 is 11.6 Å². The van der Waals surface area contributed by atoms with E-state index in [1.807, 2.05) is 20.8 Å². The van der Waals surface area contributed by atoms with Gasteiger partial charge in [0.25, 0.3) is 0 Å². The highest BCUT2D eigenvalue weighted by Gasteiger charge is 2.24. The van der Waals surface area contributed by atoms with Crippen LogP contribution in [0.25, 0.3) is 22.6 Å². The van der Waals surface area contributed by atoms with Crippen molar-refractivity contribution in [1.82, 2.24) is 25.3 Å². The van der Waals surface area contributed by atoms with Gasteiger partial charge in [0.2, 0.25) is 16.0 Å². The molecule has 2 heterocycles. The van der Waals surface area contributed by atoms with E-state index in [2.05, 4.69) is 30.3 Å². The number of imidazole rings is 1. The van der Waals surface area contributed by atoms with Crippen LogP contribution in [-0.4, -0.2) is 57.4 Å². The van der Waals surface area contributed by atoms with E-state index >= 15 is 0 Å². The Kier molecular flexibility index (Phi) is 8.33. The number of rotatable bonds is 9. The zero-order chi connectivity index (χ0) is 27.5. The van der Waals surface area contributed by atoms with Gasteiger partial charge >= 0.3 is 6.09 Å². The zero-order valence-electron chi connectivity index (χ0n) is 21.5. The number of sulfonamides is 1. The van der Waals surface area contributed by atoms with E-state index in [0.717, 1.165) is 0 Å². The van der Waals surface area contributed by atoms with E-state index in [9.17, 15) is 13.2 Å². The molecule has 13 heteroatoms. The third-order valence-corrected chi connectivity index (χ3v) is 7.29. The number of hydrogen-bond acceptors (Lipinski definition) is 7. The molecule has 0 saturated carbocycles. The first-order valence-electron chi connectivity index (χ1n) is 11.7. The van der Waals surface area contributed by atoms with Gasteiger partial charge < -0.3 is 20.7 Å². The minimum atomic E-state index is -3.58. The van der Waals surface area contributed by atoms with Crippen LogP contribution in [0.2, 0.25) is 5.02 Å². The molecular weight excluding hydrogens is 518 g/mol. The molecule has 5 N–H and O–H groups in total. The highest BCUT2D eigenvalue weighted by atomic mass is 35.5. The van der Waals surface area contributed by atoms with Crippen molar-refractivity contribution in [2.24, 2.45) is 0 Å². The standard InChI is InChI=1S/C24H32ClN7O4S/c1-13(2)37(35,36)32-17-10-15(9-16(25)11-17)19-20(31-21(30-19)24(4,5)6)18-7-8-26-22(29-18)27-12-14(3)28-23(33)34/h7-11,13-14,28,32H,12H2,1-6H3,(H,30,31)(H,33,34)(H,26,27,29). The van der Waals surface area contributed by atoms with Crippen LogP contribution in [0.15, 0.2) is 30.5 Å². The Balaban J connectivity index is 2.05. The third-order valence-electron chi connectivity index (χ3n) is 5.31. The summed E-state index contributed by atoms with van der Waals surface area (Å²) in [5.74, 6) is 1.01. The lowest BCUT2D eigenvalue weighted by Gasteiger charge is -2.14. The predicted octanol–water partition coefficient (Wildman–Crippen LogP) is 4.70. The number of aromatic amines is 1. The summed E-state index contributed by atoms with van der Waals surface area (Å²) in [6.45, 7) is 11.2. The Morgan fingerprint density at radius 3 is 2.49 bits per heavy atom. The first kappa shape index (κ1) is 28.2. The quantitative estimate of drug-likeness (QED) is 0.256. The molecule has 0 bridgehead atoms. The topological polar surface area (TPSA) is 162 Å². The second kappa shape index (κ2) is 10.9. The van der Waals surface area contributed by atoms with Gasteiger partial charge in [-0.3, -0.25) is 4.72 Å². The van der Waals surface area contributed by atoms with Gasteiger partial charge in [-0.15, -0.1) is 0 Å². The number of benzene rings is 1. The summed E-state index contributed by atoms with van der Waals surface area (Å²) in [7, 11) is -3.58. The summed E-state index contributed by atoms with van der Waals surface area (Å²) in [5, 5.41) is 14.0. The summed E-state index contributed by atoms with van der Waals surface area (Å²) in [4.78, 5) is 27.9. The molecule has 0 aliphatic heterocycles. The summed E-state index contributed by atoms with van der Waals surface area (Å²) >= 11 is 6.38. The van der Waals surface area contributed by atoms with Gasteiger partial charge in [-0.05, 0) is 45.0 Å². The fourth-order valence-corrected chi connectivity index (χ4v) is 4.20. The summed E-state index contributed by atoms with van der Waals surface area (Å²) in [6, 6.07) is 6.29. The number of hydrogen-bond donors (Lipinski definition) is 5. The number of H-pyrrole nitrogens is 1. The number of carbonyl (C=O) groups is 1. The van der Waals surface area contributed by atoms with Crippen LogP contribution in [0.5, 0.6) is 0 Å². The minimum Gasteiger partial charge on any atom is -0.465 e. The van der Waals surface area contributed by atoms with E-state index in [0.29, 0.717) is 45.1 Å². The maximum Gasteiger partial charge on any atom is 0.404 e. The predicted molar refractivity (Wildman–Crippen MR) is 146 cm³/mol. The molecule has 3 aromatic rings. The van der Waals surface area contributed by atoms with Crippen molar-refractivity contribution in [3.63, 3.8) is 0 Å². The maximum absolute atomic E-state index is 12.5. The number of carboxylic acid groups (broad SMARTS) is 1. The number of halogens is 1. The van der Waals surface area contributed by atoms with Crippen molar-refractivity contribution >= 4 is 39.4 Å². The lowest BCUT2D eigenvalue weighted by Crippen LogP contribution is -2.36. The Labute approximate surface area is 221 Å². The molecule has 1 unspecified atom stereocenters. The van der Waals surface area contributed by atoms with Crippen molar-refractivity contribution in [2.75, 3.05) is 16.6 Å². The highest BCUT2D eigenvalue weighted by Crippen LogP contribution is 2.35. The van der Waals surface area contributed by atoms with E-state index in [4.69, 9.17) is 21.7 Å². The van der Waals surface area contributed by atoms with Crippen LogP contribution < -0.4 is 15.4 Å². The number of nitrogens with zero attached hydrogens (tertiary/aromatic N) is 3. The van der Waals surface area contributed by atoms with Crippen LogP contribution in [-0.2, 0) is 15.4 Å². The van der Waals surface area contributed by atoms with E-state index in [1.165, 1.54) is 0 Å². The second-order valence-corrected chi connectivity index (χ2v) is 12.7. The van der Waals surface area contributed by atoms with Crippen molar-refractivity contribution in [3.05, 3.63) is 41.3 Å². The molecule has 37 heavy (non-hydrogen) atoms. The molecule has 2 aromatic heterocycles. The van der Waals surface area contributed by atoms with Crippen molar-refractivity contribution in [2.45, 2.75) is 58.2 Å². The normalized spacial score (nSPS) is 12.9. The average Bonchev–Trinajstić information content (AvgIpc) is 3.23. The highest BCUT2D eigenvalue weighted by molar-refractivity contribution is 7.93. The smallest absolute Gasteiger partial charge is 0.404 e. The molecule has 0 spiro atoms. The largest absolute Gasteiger partial charge is 0.465 e. The van der Waals surface area contributed by atoms with E-state index in [-0.39, 0.29) is 18.0 Å². The Morgan fingerprint density at radius 2 is 1.86 bits per heavy atom. The molecule has 0 aliphatic carbocycles. The second-order valence-electron chi connectivity index (χ2n) is 9.98. The number of nitrogens with one attached hydrogen (secondary N) is 4. The molecule has 200 valence electrons. The number of aromatic nitrogens is 4. The SMILES string of the molecule is CC(CNc1nccc(-c2[nH]c(C(C)(C)C)nc2-c2cc(Cl)cc(NS(=O)(=O)C(C)C)c2)n1)NC(=O)O. The molecule has 1 atom stereocenters. The fraction of sp³-hybridized carbons (Fsp3) is 0.417. The Morgan fingerprint density at radius 1 is 1.16 bits per heavy atom. The van der Waals surface area contributed by atoms with Gasteiger partial charge in [0, 0.05) is 34.8 Å². The summed E-state index contributed by atoms with van der Waals surface area (Å²) in [5.41, 5.74) is 2.30. The van der Waals surface area contributed by atoms with Crippen molar-refractivity contribution in [1.29, 1.82) is 0 Å². The van der Waals surface area contributed by atoms with Crippen molar-refractivity contribution in [3.8, 4) is 22.6 Å². The first-order valence-corrected chi connectivity index (χ1v) is 13.6. The van der Waals surface area contributed by atoms with Gasteiger partial charge in [-0.25, -0.2) is 28.2 Å². The molecule has 0 fully saturated rings. The average molecular weight is 550 g/mol. The molecule has 0 radical (unpaired) electrons. The zero-order valence-corrected chi connectivity index (χ0v) is 23.1. The minimum absolute atomic E-state index is 0.284. The maximum atomic E-state index is 12.5. The molecule has 0 saturated heterocycles. The molecule has 3 rings (SSSR count). The Bertz CT molecular complexity index is 1380. The van der Waals surface area contributed by atoms with Gasteiger partial charge in [0.1, 0.15) is 5.82 Å². The lowest BCUT2D eigenvalue weighted by atomic mass is 9.96. The number of amides is 1. The van der Waals surface area contributed by atoms with Gasteiger partial charge in [0.05, 0.1) is 28.0 Å². The summed E-state index contributed by atoms with van der Waals surface area (Å²) in [6.07, 6.45) is 0.471. The van der Waals surface area contributed by atoms with Crippen LogP contribution in [0.1, 0.15) is 47.4 Å². The van der Waals surface area contributed by atoms with E-state index in [1.54, 1.807) is 51.2 Å². The molecular formula is C24H32ClN7O4S. The van der Waals surface area contributed by atoms with Crippen molar-refractivity contribution < 1.29 is 18.3 Å². The van der Waals surface area contributed by atoms with Crippen LogP contribution in [0.4, 0.5) is 16.4 Å². The third kappa shape index (κ3) is 7.32. The monoisotopic (exact) mass is 549 g/mol. The summed E-state index contributed by atoms with van der Waals surface area (Å²) < 4.78 is 27.5. The van der Waals surface area contributed by atoms with Gasteiger partial charge in [0.15, 0.2) is 0 Å². The van der Waals surface area contributed by atoms with Gasteiger partial charge in [-0.2, -0.15) is 0 Å². The van der Waals surface area contributed by atoms with Crippen LogP contribution in [0.3, 0.4) is 0 Å². The molecule has 1 amide bonds. The van der Waals surface area contributed by atoms with Gasteiger partial charge in [-0.1, -0.05) is 32.4 Å². The number of anilines is 2. The molecule has 0 aliphatic rings. The molecule has 11 nitrogen and oxygen atoms in total. The lowest BCUT2D eigenvalue weighted by molar-refractivity contribution is 0.191.